The quantitative estimate of drug-likeness (QED) is 0.702. The summed E-state index contributed by atoms with van der Waals surface area (Å²) in [7, 11) is 0. The van der Waals surface area contributed by atoms with Crippen LogP contribution in [0.15, 0.2) is 30.5 Å². The van der Waals surface area contributed by atoms with Crippen molar-refractivity contribution in [2.45, 2.75) is 0 Å². The maximum Gasteiger partial charge on any atom is 0.250 e. The summed E-state index contributed by atoms with van der Waals surface area (Å²) in [5, 5.41) is 11.2. The van der Waals surface area contributed by atoms with E-state index in [1.807, 2.05) is 0 Å². The van der Waals surface area contributed by atoms with E-state index >= 15 is 0 Å². The predicted octanol–water partition coefficient (Wildman–Crippen LogP) is 2.14. The fraction of sp³-hybridized carbons (Fsp3) is 0. The third kappa shape index (κ3) is 1.48. The van der Waals surface area contributed by atoms with Gasteiger partial charge in [-0.15, -0.1) is 13.1 Å². The molecule has 2 aromatic heterocycles. The minimum Gasteiger partial charge on any atom is -0.206 e. The van der Waals surface area contributed by atoms with Gasteiger partial charge in [0.05, 0.1) is 11.7 Å². The summed E-state index contributed by atoms with van der Waals surface area (Å²) in [6.45, 7) is 0. The second-order valence-corrected chi connectivity index (χ2v) is 3.74. The molecule has 0 saturated carbocycles. The fourth-order valence-electron chi connectivity index (χ4n) is 1.55. The fourth-order valence-corrected chi connectivity index (χ4v) is 1.78. The third-order valence-corrected chi connectivity index (χ3v) is 2.69. The number of rotatable bonds is 2. The Hall–Kier alpha value is -1.96. The number of fused-ring (bicyclic) bond motifs is 1. The Morgan fingerprint density at radius 2 is 2.06 bits per heavy atom. The van der Waals surface area contributed by atoms with Crippen molar-refractivity contribution in [2.75, 3.05) is 0 Å². The van der Waals surface area contributed by atoms with Crippen LogP contribution in [0.1, 0.15) is 0 Å². The summed E-state index contributed by atoms with van der Waals surface area (Å²) in [4.78, 5) is 0. The molecule has 3 aromatic rings. The zero-order valence-electron chi connectivity index (χ0n) is 8.29. The van der Waals surface area contributed by atoms with E-state index in [0.29, 0.717) is 15.1 Å². The van der Waals surface area contributed by atoms with Crippen LogP contribution in [-0.2, 0) is 0 Å². The molecular weight excluding hydrogens is 248 g/mol. The summed E-state index contributed by atoms with van der Waals surface area (Å²) < 4.78 is 27.8. The Balaban J connectivity index is 2.24. The van der Waals surface area contributed by atoms with Crippen LogP contribution in [0.2, 0.25) is 0 Å². The van der Waals surface area contributed by atoms with Crippen molar-refractivity contribution in [3.05, 3.63) is 36.4 Å². The van der Waals surface area contributed by atoms with E-state index < -0.39 is 5.95 Å². The van der Waals surface area contributed by atoms with Crippen LogP contribution in [-0.4, -0.2) is 24.2 Å². The van der Waals surface area contributed by atoms with Crippen LogP contribution in [0.5, 0.6) is 0 Å². The molecule has 0 aliphatic heterocycles. The first-order chi connectivity index (χ1) is 8.31. The van der Waals surface area contributed by atoms with Gasteiger partial charge < -0.3 is 0 Å². The minimum absolute atomic E-state index is 0.0591. The van der Waals surface area contributed by atoms with Gasteiger partial charge in [0, 0.05) is 0 Å². The Morgan fingerprint density at radius 1 is 1.24 bits per heavy atom. The van der Waals surface area contributed by atoms with E-state index in [-0.39, 0.29) is 18.0 Å². The van der Waals surface area contributed by atoms with Gasteiger partial charge in [-0.25, -0.2) is 4.68 Å². The van der Waals surface area contributed by atoms with Crippen molar-refractivity contribution in [1.82, 2.24) is 24.2 Å². The van der Waals surface area contributed by atoms with Gasteiger partial charge in [0.1, 0.15) is 11.2 Å². The smallest absolute Gasteiger partial charge is 0.206 e. The van der Waals surface area contributed by atoms with Crippen LogP contribution in [0, 0.1) is 5.95 Å². The van der Waals surface area contributed by atoms with Crippen molar-refractivity contribution in [1.29, 1.82) is 0 Å². The van der Waals surface area contributed by atoms with E-state index in [4.69, 9.17) is 0 Å². The molecule has 8 heteroatoms. The van der Waals surface area contributed by atoms with E-state index in [1.165, 1.54) is 10.9 Å². The average Bonchev–Trinajstić information content (AvgIpc) is 2.92. The van der Waals surface area contributed by atoms with Gasteiger partial charge in [-0.2, -0.15) is 9.49 Å². The molecule has 86 valence electrons. The SMILES string of the molecule is FSn1ncc(-n2nnc3ccccc32)c1F. The normalized spacial score (nSPS) is 11.2. The molecule has 0 N–H and O–H groups in total. The molecule has 0 atom stereocenters. The largest absolute Gasteiger partial charge is 0.250 e. The summed E-state index contributed by atoms with van der Waals surface area (Å²) in [5.41, 5.74) is 1.33. The molecule has 17 heavy (non-hydrogen) atoms. The van der Waals surface area contributed by atoms with Crippen molar-refractivity contribution >= 4 is 23.4 Å². The maximum atomic E-state index is 13.7. The lowest BCUT2D eigenvalue weighted by Crippen LogP contribution is -1.99. The van der Waals surface area contributed by atoms with Crippen LogP contribution in [0.4, 0.5) is 8.28 Å². The molecule has 2 heterocycles. The van der Waals surface area contributed by atoms with Gasteiger partial charge in [0.2, 0.25) is 5.95 Å². The minimum atomic E-state index is -0.812. The first-order valence-electron chi connectivity index (χ1n) is 4.64. The average molecular weight is 253 g/mol. The zero-order chi connectivity index (χ0) is 11.8. The zero-order valence-corrected chi connectivity index (χ0v) is 9.10. The lowest BCUT2D eigenvalue weighted by Gasteiger charge is -1.97. The van der Waals surface area contributed by atoms with E-state index in [2.05, 4.69) is 15.4 Å². The number of aromatic nitrogens is 5. The monoisotopic (exact) mass is 253 g/mol. The van der Waals surface area contributed by atoms with Gasteiger partial charge in [-0.05, 0) is 12.1 Å². The van der Waals surface area contributed by atoms with Crippen molar-refractivity contribution < 1.29 is 8.28 Å². The van der Waals surface area contributed by atoms with Crippen LogP contribution in [0.3, 0.4) is 0 Å². The number of nitrogens with zero attached hydrogens (tertiary/aromatic N) is 5. The molecule has 0 radical (unpaired) electrons. The summed E-state index contributed by atoms with van der Waals surface area (Å²) in [5.74, 6) is -0.812. The van der Waals surface area contributed by atoms with Gasteiger partial charge >= 0.3 is 0 Å². The maximum absolute atomic E-state index is 13.7. The molecule has 0 bridgehead atoms. The van der Waals surface area contributed by atoms with Gasteiger partial charge in [0.25, 0.3) is 0 Å². The summed E-state index contributed by atoms with van der Waals surface area (Å²) in [6.07, 6.45) is 1.20. The Morgan fingerprint density at radius 3 is 2.82 bits per heavy atom. The third-order valence-electron chi connectivity index (χ3n) is 2.31. The van der Waals surface area contributed by atoms with Gasteiger partial charge in [-0.3, -0.25) is 0 Å². The van der Waals surface area contributed by atoms with Crippen LogP contribution < -0.4 is 0 Å². The number of benzene rings is 1. The predicted molar refractivity (Wildman–Crippen MR) is 58.7 cm³/mol. The second-order valence-electron chi connectivity index (χ2n) is 3.25. The molecule has 1 aromatic carbocycles. The highest BCUT2D eigenvalue weighted by Gasteiger charge is 2.16. The Kier molecular flexibility index (Phi) is 2.29. The lowest BCUT2D eigenvalue weighted by atomic mass is 10.3. The Bertz CT molecular complexity index is 677. The van der Waals surface area contributed by atoms with Gasteiger partial charge in [0.15, 0.2) is 12.3 Å². The van der Waals surface area contributed by atoms with Gasteiger partial charge in [-0.1, -0.05) is 17.3 Å². The van der Waals surface area contributed by atoms with E-state index in [1.54, 1.807) is 24.3 Å². The molecule has 5 nitrogen and oxygen atoms in total. The van der Waals surface area contributed by atoms with Crippen molar-refractivity contribution in [3.63, 3.8) is 0 Å². The van der Waals surface area contributed by atoms with Crippen molar-refractivity contribution in [3.8, 4) is 5.69 Å². The number of hydrogen-bond donors (Lipinski definition) is 0. The molecule has 0 aliphatic carbocycles. The number of halogens is 2. The highest BCUT2D eigenvalue weighted by molar-refractivity contribution is 7.92. The number of para-hydroxylation sites is 1. The summed E-state index contributed by atoms with van der Waals surface area (Å²) >= 11 is -0.312. The topological polar surface area (TPSA) is 48.5 Å². The molecule has 0 saturated heterocycles. The molecule has 3 rings (SSSR count). The van der Waals surface area contributed by atoms with Crippen molar-refractivity contribution in [2.24, 2.45) is 0 Å². The molecule has 0 spiro atoms. The van der Waals surface area contributed by atoms with E-state index in [9.17, 15) is 8.28 Å². The highest BCUT2D eigenvalue weighted by Crippen LogP contribution is 2.20. The first kappa shape index (κ1) is 10.2. The highest BCUT2D eigenvalue weighted by atomic mass is 32.2. The molecular formula is C9H5F2N5S. The van der Waals surface area contributed by atoms with Crippen LogP contribution >= 0.6 is 12.3 Å². The lowest BCUT2D eigenvalue weighted by molar-refractivity contribution is 0.549. The van der Waals surface area contributed by atoms with Crippen LogP contribution in [0.25, 0.3) is 16.7 Å². The first-order valence-corrected chi connectivity index (χ1v) is 5.32. The Labute approximate surface area is 98.5 Å². The molecule has 0 unspecified atom stereocenters. The second kappa shape index (κ2) is 3.81. The molecule has 0 amide bonds. The standard InChI is InChI=1S/C9H5F2N5S/c10-9-8(5-12-16(9)17-11)15-7-4-2-1-3-6(7)13-14-15/h1-5H. The summed E-state index contributed by atoms with van der Waals surface area (Å²) in [6, 6.07) is 7.09. The number of hydrogen-bond acceptors (Lipinski definition) is 4. The molecule has 0 fully saturated rings. The van der Waals surface area contributed by atoms with E-state index in [0.717, 1.165) is 0 Å². The molecule has 0 aliphatic rings.